The maximum absolute atomic E-state index is 11.9. The summed E-state index contributed by atoms with van der Waals surface area (Å²) in [6.07, 6.45) is 0.716. The molecule has 106 valence electrons. The molecule has 0 radical (unpaired) electrons. The fourth-order valence-electron chi connectivity index (χ4n) is 1.60. The molecule has 0 unspecified atom stereocenters. The van der Waals surface area contributed by atoms with E-state index in [4.69, 9.17) is 16.2 Å². The molecule has 0 bridgehead atoms. The molecule has 0 aliphatic carbocycles. The number of nitrogens with two attached hydrogens (primary N) is 2. The lowest BCUT2D eigenvalue weighted by atomic mass is 10.2. The van der Waals surface area contributed by atoms with Gasteiger partial charge in [0.2, 0.25) is 0 Å². The van der Waals surface area contributed by atoms with Crippen LogP contribution in [-0.2, 0) is 0 Å². The highest BCUT2D eigenvalue weighted by Crippen LogP contribution is 2.16. The topological polar surface area (TPSA) is 108 Å². The van der Waals surface area contributed by atoms with Gasteiger partial charge < -0.3 is 16.2 Å². The van der Waals surface area contributed by atoms with Crippen LogP contribution in [-0.4, -0.2) is 18.2 Å². The average Bonchev–Trinajstić information content (AvgIpc) is 2.48. The molecule has 0 spiro atoms. The molecule has 0 heterocycles. The number of aldehydes is 1. The monoisotopic (exact) mass is 283 g/mol. The number of hydrogen-bond donors (Lipinski definition) is 2. The molecule has 0 aromatic heterocycles. The van der Waals surface area contributed by atoms with E-state index in [9.17, 15) is 9.59 Å². The van der Waals surface area contributed by atoms with E-state index < -0.39 is 5.97 Å². The third-order valence-electron chi connectivity index (χ3n) is 2.59. The first-order valence-corrected chi connectivity index (χ1v) is 6.05. The van der Waals surface area contributed by atoms with Gasteiger partial charge in [0.05, 0.1) is 11.3 Å². The minimum absolute atomic E-state index is 0.0550. The zero-order valence-electron chi connectivity index (χ0n) is 11.0. The van der Waals surface area contributed by atoms with Crippen LogP contribution in [0.3, 0.4) is 0 Å². The van der Waals surface area contributed by atoms with Crippen LogP contribution in [0.15, 0.2) is 53.5 Å². The largest absolute Gasteiger partial charge is 0.423 e. The van der Waals surface area contributed by atoms with Crippen molar-refractivity contribution in [1.29, 1.82) is 0 Å². The van der Waals surface area contributed by atoms with Gasteiger partial charge in [0, 0.05) is 5.56 Å². The molecule has 2 aromatic carbocycles. The van der Waals surface area contributed by atoms with Gasteiger partial charge in [0.15, 0.2) is 5.96 Å². The van der Waals surface area contributed by atoms with Gasteiger partial charge in [-0.05, 0) is 48.5 Å². The Morgan fingerprint density at radius 1 is 1.00 bits per heavy atom. The summed E-state index contributed by atoms with van der Waals surface area (Å²) >= 11 is 0. The van der Waals surface area contributed by atoms with Crippen LogP contribution in [0.25, 0.3) is 0 Å². The fraction of sp³-hybridized carbons (Fsp3) is 0. The molecule has 6 heteroatoms. The lowest BCUT2D eigenvalue weighted by Gasteiger charge is -2.04. The molecule has 0 aliphatic rings. The van der Waals surface area contributed by atoms with Crippen LogP contribution >= 0.6 is 0 Å². The maximum Gasteiger partial charge on any atom is 0.343 e. The summed E-state index contributed by atoms with van der Waals surface area (Å²) in [7, 11) is 0. The number of hydrogen-bond acceptors (Lipinski definition) is 4. The van der Waals surface area contributed by atoms with Crippen molar-refractivity contribution in [2.24, 2.45) is 16.5 Å². The molecule has 4 N–H and O–H groups in total. The average molecular weight is 283 g/mol. The Kier molecular flexibility index (Phi) is 4.30. The fourth-order valence-corrected chi connectivity index (χ4v) is 1.60. The highest BCUT2D eigenvalue weighted by Gasteiger charge is 2.08. The van der Waals surface area contributed by atoms with Gasteiger partial charge in [-0.1, -0.05) is 0 Å². The predicted molar refractivity (Wildman–Crippen MR) is 78.7 cm³/mol. The molecular formula is C15H13N3O3. The highest BCUT2D eigenvalue weighted by atomic mass is 16.5. The van der Waals surface area contributed by atoms with E-state index in [0.717, 1.165) is 0 Å². The van der Waals surface area contributed by atoms with E-state index in [1.165, 1.54) is 0 Å². The molecule has 2 aromatic rings. The Labute approximate surface area is 121 Å². The Hall–Kier alpha value is -3.15. The zero-order chi connectivity index (χ0) is 15.2. The van der Waals surface area contributed by atoms with Gasteiger partial charge in [-0.2, -0.15) is 0 Å². The molecule has 21 heavy (non-hydrogen) atoms. The van der Waals surface area contributed by atoms with E-state index in [1.807, 2.05) is 0 Å². The molecule has 0 saturated heterocycles. The van der Waals surface area contributed by atoms with Crippen LogP contribution in [0.2, 0.25) is 0 Å². The lowest BCUT2D eigenvalue weighted by molar-refractivity contribution is 0.0735. The van der Waals surface area contributed by atoms with Crippen LogP contribution < -0.4 is 16.2 Å². The van der Waals surface area contributed by atoms with E-state index in [-0.39, 0.29) is 5.96 Å². The third-order valence-corrected chi connectivity index (χ3v) is 2.59. The molecule has 0 amide bonds. The van der Waals surface area contributed by atoms with Crippen molar-refractivity contribution in [3.63, 3.8) is 0 Å². The number of nitrogens with zero attached hydrogens (tertiary/aromatic N) is 1. The number of rotatable bonds is 4. The molecule has 0 atom stereocenters. The van der Waals surface area contributed by atoms with E-state index in [2.05, 4.69) is 4.99 Å². The molecule has 0 fully saturated rings. The Bertz CT molecular complexity index is 672. The van der Waals surface area contributed by atoms with Gasteiger partial charge in [0.25, 0.3) is 0 Å². The molecule has 0 saturated carbocycles. The van der Waals surface area contributed by atoms with Crippen LogP contribution in [0.4, 0.5) is 5.69 Å². The molecule has 2 rings (SSSR count). The Morgan fingerprint density at radius 2 is 1.62 bits per heavy atom. The van der Waals surface area contributed by atoms with Crippen molar-refractivity contribution in [3.8, 4) is 5.75 Å². The van der Waals surface area contributed by atoms with E-state index in [0.29, 0.717) is 28.8 Å². The van der Waals surface area contributed by atoms with Gasteiger partial charge in [0.1, 0.15) is 12.0 Å². The first-order valence-electron chi connectivity index (χ1n) is 6.05. The molecular weight excluding hydrogens is 270 g/mol. The predicted octanol–water partition coefficient (Wildman–Crippen LogP) is 1.62. The van der Waals surface area contributed by atoms with Gasteiger partial charge in [-0.15, -0.1) is 0 Å². The van der Waals surface area contributed by atoms with Crippen molar-refractivity contribution in [2.45, 2.75) is 0 Å². The number of benzene rings is 2. The quantitative estimate of drug-likeness (QED) is 0.291. The number of guanidine groups is 1. The number of aliphatic imine (C=N–C) groups is 1. The van der Waals surface area contributed by atoms with Crippen LogP contribution in [0, 0.1) is 0 Å². The summed E-state index contributed by atoms with van der Waals surface area (Å²) < 4.78 is 5.18. The second kappa shape index (κ2) is 6.33. The lowest BCUT2D eigenvalue weighted by Crippen LogP contribution is -2.21. The number of ether oxygens (including phenoxy) is 1. The third kappa shape index (κ3) is 3.90. The number of esters is 1. The number of carbonyl (C=O) groups is 2. The van der Waals surface area contributed by atoms with Gasteiger partial charge >= 0.3 is 5.97 Å². The number of carbonyl (C=O) groups excluding carboxylic acids is 2. The van der Waals surface area contributed by atoms with Crippen molar-refractivity contribution in [1.82, 2.24) is 0 Å². The molecule has 0 aliphatic heterocycles. The van der Waals surface area contributed by atoms with Gasteiger partial charge in [-0.25, -0.2) is 9.79 Å². The van der Waals surface area contributed by atoms with E-state index in [1.54, 1.807) is 48.5 Å². The van der Waals surface area contributed by atoms with Crippen LogP contribution in [0.5, 0.6) is 5.75 Å². The first-order chi connectivity index (χ1) is 10.1. The van der Waals surface area contributed by atoms with Gasteiger partial charge in [-0.3, -0.25) is 4.79 Å². The molecule has 6 nitrogen and oxygen atoms in total. The smallest absolute Gasteiger partial charge is 0.343 e. The second-order valence-electron chi connectivity index (χ2n) is 4.16. The Morgan fingerprint density at radius 3 is 2.14 bits per heavy atom. The summed E-state index contributed by atoms with van der Waals surface area (Å²) in [5, 5.41) is 0. The summed E-state index contributed by atoms with van der Waals surface area (Å²) in [4.78, 5) is 26.3. The SMILES string of the molecule is NC(N)=Nc1ccc(C(=O)Oc2ccc(C=O)cc2)cc1. The Balaban J connectivity index is 2.08. The summed E-state index contributed by atoms with van der Waals surface area (Å²) in [5.74, 6) is -0.204. The summed E-state index contributed by atoms with van der Waals surface area (Å²) in [6, 6.07) is 12.6. The standard InChI is InChI=1S/C15H13N3O3/c16-15(17)18-12-5-3-11(4-6-12)14(20)21-13-7-1-10(9-19)2-8-13/h1-9H,(H4,16,17,18). The summed E-state index contributed by atoms with van der Waals surface area (Å²) in [6.45, 7) is 0. The summed E-state index contributed by atoms with van der Waals surface area (Å²) in [5.41, 5.74) is 11.9. The minimum atomic E-state index is -0.509. The van der Waals surface area contributed by atoms with Crippen molar-refractivity contribution >= 4 is 23.9 Å². The van der Waals surface area contributed by atoms with Crippen LogP contribution in [0.1, 0.15) is 20.7 Å². The highest BCUT2D eigenvalue weighted by molar-refractivity contribution is 5.91. The maximum atomic E-state index is 11.9. The zero-order valence-corrected chi connectivity index (χ0v) is 11.0. The normalized spacial score (nSPS) is 9.71. The van der Waals surface area contributed by atoms with Crippen molar-refractivity contribution in [2.75, 3.05) is 0 Å². The van der Waals surface area contributed by atoms with Crippen molar-refractivity contribution in [3.05, 3.63) is 59.7 Å². The van der Waals surface area contributed by atoms with E-state index >= 15 is 0 Å². The minimum Gasteiger partial charge on any atom is -0.423 e. The second-order valence-corrected chi connectivity index (χ2v) is 4.16. The van der Waals surface area contributed by atoms with Crippen molar-refractivity contribution < 1.29 is 14.3 Å². The first kappa shape index (κ1) is 14.3.